The number of benzene rings is 1. The minimum Gasteiger partial charge on any atom is -0.339 e. The third kappa shape index (κ3) is 2.84. The summed E-state index contributed by atoms with van der Waals surface area (Å²) in [5.74, 6) is 1.43. The van der Waals surface area contributed by atoms with Gasteiger partial charge in [0.25, 0.3) is 5.69 Å². The van der Waals surface area contributed by atoms with Crippen molar-refractivity contribution in [2.75, 3.05) is 5.32 Å². The van der Waals surface area contributed by atoms with Crippen molar-refractivity contribution in [2.45, 2.75) is 33.1 Å². The molecular formula is C18H18N4O2S. The molecule has 0 spiro atoms. The van der Waals surface area contributed by atoms with E-state index in [1.54, 1.807) is 29.8 Å². The largest absolute Gasteiger partial charge is 0.339 e. The smallest absolute Gasteiger partial charge is 0.271 e. The number of anilines is 2. The summed E-state index contributed by atoms with van der Waals surface area (Å²) in [6, 6.07) is 4.83. The molecule has 1 aliphatic rings. The molecule has 4 rings (SSSR count). The number of hydrogen-bond acceptors (Lipinski definition) is 6. The highest BCUT2D eigenvalue weighted by Crippen LogP contribution is 2.40. The summed E-state index contributed by atoms with van der Waals surface area (Å²) in [7, 11) is 0. The molecule has 25 heavy (non-hydrogen) atoms. The van der Waals surface area contributed by atoms with Gasteiger partial charge in [-0.3, -0.25) is 10.1 Å². The lowest BCUT2D eigenvalue weighted by molar-refractivity contribution is -0.384. The van der Waals surface area contributed by atoms with E-state index < -0.39 is 0 Å². The van der Waals surface area contributed by atoms with Gasteiger partial charge in [-0.15, -0.1) is 11.3 Å². The van der Waals surface area contributed by atoms with Gasteiger partial charge < -0.3 is 5.32 Å². The number of nitro benzene ring substituents is 1. The second-order valence-corrected chi connectivity index (χ2v) is 7.72. The number of rotatable bonds is 3. The lowest BCUT2D eigenvalue weighted by Gasteiger charge is -2.18. The molecular weight excluding hydrogens is 336 g/mol. The number of nitrogens with zero attached hydrogens (tertiary/aromatic N) is 3. The van der Waals surface area contributed by atoms with E-state index in [1.165, 1.54) is 22.9 Å². The van der Waals surface area contributed by atoms with E-state index in [9.17, 15) is 10.1 Å². The normalized spacial score (nSPS) is 16.6. The van der Waals surface area contributed by atoms with Crippen LogP contribution in [0.4, 0.5) is 17.2 Å². The van der Waals surface area contributed by atoms with Crippen LogP contribution in [0.25, 0.3) is 10.2 Å². The van der Waals surface area contributed by atoms with Gasteiger partial charge in [0.15, 0.2) is 0 Å². The number of nitrogens with one attached hydrogen (secondary N) is 1. The summed E-state index contributed by atoms with van der Waals surface area (Å²) in [4.78, 5) is 21.9. The molecule has 0 saturated heterocycles. The fourth-order valence-corrected chi connectivity index (χ4v) is 4.71. The van der Waals surface area contributed by atoms with Gasteiger partial charge in [0, 0.05) is 22.7 Å². The Hall–Kier alpha value is -2.54. The molecule has 0 aliphatic heterocycles. The molecule has 7 heteroatoms. The Morgan fingerprint density at radius 3 is 3.00 bits per heavy atom. The van der Waals surface area contributed by atoms with Gasteiger partial charge in [-0.25, -0.2) is 9.97 Å². The first kappa shape index (κ1) is 16.0. The van der Waals surface area contributed by atoms with E-state index in [-0.39, 0.29) is 10.6 Å². The number of hydrogen-bond donors (Lipinski definition) is 1. The molecule has 0 saturated carbocycles. The van der Waals surface area contributed by atoms with Gasteiger partial charge in [0.2, 0.25) is 0 Å². The average Bonchev–Trinajstić information content (AvgIpc) is 2.94. The van der Waals surface area contributed by atoms with Crippen molar-refractivity contribution >= 4 is 38.7 Å². The monoisotopic (exact) mass is 354 g/mol. The van der Waals surface area contributed by atoms with Gasteiger partial charge in [0.1, 0.15) is 17.0 Å². The molecule has 0 fully saturated rings. The first-order valence-electron chi connectivity index (χ1n) is 8.30. The Morgan fingerprint density at radius 1 is 1.36 bits per heavy atom. The Kier molecular flexibility index (Phi) is 3.88. The second-order valence-electron chi connectivity index (χ2n) is 6.64. The molecule has 2 heterocycles. The number of aryl methyl sites for hydroxylation is 2. The predicted octanol–water partition coefficient (Wildman–Crippen LogP) is 4.78. The zero-order valence-electron chi connectivity index (χ0n) is 14.1. The Bertz CT molecular complexity index is 983. The van der Waals surface area contributed by atoms with Crippen molar-refractivity contribution in [3.63, 3.8) is 0 Å². The summed E-state index contributed by atoms with van der Waals surface area (Å²) < 4.78 is 0. The summed E-state index contributed by atoms with van der Waals surface area (Å²) in [5.41, 5.74) is 3.05. The summed E-state index contributed by atoms with van der Waals surface area (Å²) in [6.07, 6.45) is 4.85. The minimum absolute atomic E-state index is 0.0690. The van der Waals surface area contributed by atoms with Gasteiger partial charge >= 0.3 is 0 Å². The molecule has 6 nitrogen and oxygen atoms in total. The number of aromatic nitrogens is 2. The van der Waals surface area contributed by atoms with Crippen LogP contribution in [0, 0.1) is 23.0 Å². The lowest BCUT2D eigenvalue weighted by atomic mass is 9.89. The maximum Gasteiger partial charge on any atom is 0.271 e. The van der Waals surface area contributed by atoms with Gasteiger partial charge in [-0.1, -0.05) is 13.0 Å². The maximum atomic E-state index is 11.1. The minimum atomic E-state index is -0.381. The van der Waals surface area contributed by atoms with E-state index >= 15 is 0 Å². The standard InChI is InChI=1S/C18H18N4O2S/c1-10-3-6-13-15(7-10)25-18-16(13)17(19-9-20-18)21-14-8-12(22(23)24)5-4-11(14)2/h4-5,8-10H,3,6-7H2,1-2H3,(H,19,20,21). The maximum absolute atomic E-state index is 11.1. The molecule has 1 aromatic carbocycles. The zero-order valence-corrected chi connectivity index (χ0v) is 14.9. The highest BCUT2D eigenvalue weighted by Gasteiger charge is 2.23. The second kappa shape index (κ2) is 6.07. The Morgan fingerprint density at radius 2 is 2.20 bits per heavy atom. The number of thiophene rings is 1. The summed E-state index contributed by atoms with van der Waals surface area (Å²) in [6.45, 7) is 4.21. The SMILES string of the molecule is Cc1ccc([N+](=O)[O-])cc1Nc1ncnc2sc3c(c12)CCC(C)C3. The van der Waals surface area contributed by atoms with Gasteiger partial charge in [0.05, 0.1) is 10.3 Å². The summed E-state index contributed by atoms with van der Waals surface area (Å²) in [5, 5.41) is 15.4. The molecule has 0 bridgehead atoms. The molecule has 3 aromatic rings. The topological polar surface area (TPSA) is 81.0 Å². The molecule has 1 unspecified atom stereocenters. The van der Waals surface area contributed by atoms with Crippen molar-refractivity contribution in [2.24, 2.45) is 5.92 Å². The molecule has 1 N–H and O–H groups in total. The first-order valence-corrected chi connectivity index (χ1v) is 9.12. The van der Waals surface area contributed by atoms with Crippen LogP contribution in [0.15, 0.2) is 24.5 Å². The Balaban J connectivity index is 1.80. The van der Waals surface area contributed by atoms with E-state index in [0.717, 1.165) is 34.4 Å². The van der Waals surface area contributed by atoms with Crippen LogP contribution in [0.3, 0.4) is 0 Å². The van der Waals surface area contributed by atoms with Crippen molar-refractivity contribution < 1.29 is 4.92 Å². The van der Waals surface area contributed by atoms with Crippen LogP contribution >= 0.6 is 11.3 Å². The molecule has 1 atom stereocenters. The molecule has 0 radical (unpaired) electrons. The van der Waals surface area contributed by atoms with E-state index in [0.29, 0.717) is 11.6 Å². The number of nitro groups is 1. The van der Waals surface area contributed by atoms with E-state index in [1.807, 2.05) is 6.92 Å². The van der Waals surface area contributed by atoms with E-state index in [4.69, 9.17) is 0 Å². The summed E-state index contributed by atoms with van der Waals surface area (Å²) >= 11 is 1.74. The van der Waals surface area contributed by atoms with E-state index in [2.05, 4.69) is 22.2 Å². The van der Waals surface area contributed by atoms with Gasteiger partial charge in [-0.2, -0.15) is 0 Å². The van der Waals surface area contributed by atoms with Crippen LogP contribution in [-0.2, 0) is 12.8 Å². The fraction of sp³-hybridized carbons (Fsp3) is 0.333. The van der Waals surface area contributed by atoms with Crippen LogP contribution in [-0.4, -0.2) is 14.9 Å². The third-order valence-corrected chi connectivity index (χ3v) is 5.94. The van der Waals surface area contributed by atoms with Crippen LogP contribution < -0.4 is 5.32 Å². The fourth-order valence-electron chi connectivity index (χ4n) is 3.36. The highest BCUT2D eigenvalue weighted by atomic mass is 32.1. The van der Waals surface area contributed by atoms with Crippen molar-refractivity contribution in [1.82, 2.24) is 9.97 Å². The zero-order chi connectivity index (χ0) is 17.6. The quantitative estimate of drug-likeness (QED) is 0.541. The highest BCUT2D eigenvalue weighted by molar-refractivity contribution is 7.19. The van der Waals surface area contributed by atoms with Crippen LogP contribution in [0.5, 0.6) is 0 Å². The predicted molar refractivity (Wildman–Crippen MR) is 99.7 cm³/mol. The van der Waals surface area contributed by atoms with Crippen LogP contribution in [0.2, 0.25) is 0 Å². The number of fused-ring (bicyclic) bond motifs is 3. The molecule has 128 valence electrons. The van der Waals surface area contributed by atoms with Crippen molar-refractivity contribution in [3.05, 3.63) is 50.6 Å². The van der Waals surface area contributed by atoms with Crippen molar-refractivity contribution in [3.8, 4) is 0 Å². The lowest BCUT2D eigenvalue weighted by Crippen LogP contribution is -2.09. The molecule has 2 aromatic heterocycles. The van der Waals surface area contributed by atoms with Crippen molar-refractivity contribution in [1.29, 1.82) is 0 Å². The number of non-ortho nitro benzene ring substituents is 1. The third-order valence-electron chi connectivity index (χ3n) is 4.78. The van der Waals surface area contributed by atoms with Crippen LogP contribution in [0.1, 0.15) is 29.3 Å². The average molecular weight is 354 g/mol. The Labute approximate surface area is 149 Å². The molecule has 0 amide bonds. The first-order chi connectivity index (χ1) is 12.0. The van der Waals surface area contributed by atoms with Gasteiger partial charge in [-0.05, 0) is 43.2 Å². The molecule has 1 aliphatic carbocycles.